The molecule has 1 aromatic heterocycles. The highest BCUT2D eigenvalue weighted by atomic mass is 16.5. The van der Waals surface area contributed by atoms with Crippen LogP contribution in [0.1, 0.15) is 47.2 Å². The van der Waals surface area contributed by atoms with Crippen LogP contribution in [0.4, 0.5) is 4.79 Å². The quantitative estimate of drug-likeness (QED) is 0.256. The first kappa shape index (κ1) is 29.2. The van der Waals surface area contributed by atoms with Gasteiger partial charge in [0.1, 0.15) is 18.0 Å². The number of esters is 1. The molecule has 1 fully saturated rings. The lowest BCUT2D eigenvalue weighted by molar-refractivity contribution is -0.151. The van der Waals surface area contributed by atoms with E-state index < -0.39 is 17.6 Å². The SMILES string of the molecule is COC(=O)NC(=N)c1ccc(-c2cc(C(=O)N(C)C3CCC(C(=O)OCc4ccccc4)CC3)c(=O)n(C)n2)cc1. The zero-order valence-corrected chi connectivity index (χ0v) is 23.3. The molecule has 1 aliphatic rings. The van der Waals surface area contributed by atoms with E-state index in [9.17, 15) is 19.2 Å². The Morgan fingerprint density at radius 1 is 1.05 bits per heavy atom. The zero-order valence-electron chi connectivity index (χ0n) is 23.3. The number of nitrogens with one attached hydrogen (secondary N) is 2. The molecule has 41 heavy (non-hydrogen) atoms. The number of amides is 2. The molecule has 2 amide bonds. The van der Waals surface area contributed by atoms with Crippen molar-refractivity contribution in [3.8, 4) is 11.3 Å². The number of aromatic nitrogens is 2. The fraction of sp³-hybridized carbons (Fsp3) is 0.333. The van der Waals surface area contributed by atoms with Crippen molar-refractivity contribution in [3.05, 3.63) is 87.7 Å². The predicted molar refractivity (Wildman–Crippen MR) is 151 cm³/mol. The number of amidine groups is 1. The third kappa shape index (κ3) is 7.05. The van der Waals surface area contributed by atoms with Crippen molar-refractivity contribution >= 4 is 23.8 Å². The maximum atomic E-state index is 13.5. The van der Waals surface area contributed by atoms with Crippen LogP contribution in [-0.2, 0) is 27.9 Å². The molecule has 1 saturated carbocycles. The minimum Gasteiger partial charge on any atom is -0.461 e. The molecule has 0 bridgehead atoms. The number of nitrogens with zero attached hydrogens (tertiary/aromatic N) is 3. The molecule has 0 saturated heterocycles. The Hall–Kier alpha value is -4.80. The summed E-state index contributed by atoms with van der Waals surface area (Å²) in [7, 11) is 4.37. The molecule has 0 atom stereocenters. The van der Waals surface area contributed by atoms with Crippen molar-refractivity contribution in [2.75, 3.05) is 14.2 Å². The molecule has 2 aromatic carbocycles. The fourth-order valence-electron chi connectivity index (χ4n) is 4.84. The maximum Gasteiger partial charge on any atom is 0.412 e. The molecular weight excluding hydrogens is 526 g/mol. The lowest BCUT2D eigenvalue weighted by Gasteiger charge is -2.34. The van der Waals surface area contributed by atoms with E-state index >= 15 is 0 Å². The van der Waals surface area contributed by atoms with Crippen LogP contribution in [0.2, 0.25) is 0 Å². The van der Waals surface area contributed by atoms with Crippen molar-refractivity contribution in [1.82, 2.24) is 20.0 Å². The molecule has 4 rings (SSSR count). The number of aryl methyl sites for hydroxylation is 1. The summed E-state index contributed by atoms with van der Waals surface area (Å²) >= 11 is 0. The molecule has 11 nitrogen and oxygen atoms in total. The minimum absolute atomic E-state index is 0.00595. The van der Waals surface area contributed by atoms with E-state index in [-0.39, 0.29) is 35.9 Å². The topological polar surface area (TPSA) is 144 Å². The number of benzene rings is 2. The molecule has 1 aliphatic carbocycles. The van der Waals surface area contributed by atoms with Crippen molar-refractivity contribution in [2.45, 2.75) is 38.3 Å². The van der Waals surface area contributed by atoms with Gasteiger partial charge in [-0.15, -0.1) is 0 Å². The summed E-state index contributed by atoms with van der Waals surface area (Å²) in [5, 5.41) is 14.6. The smallest absolute Gasteiger partial charge is 0.412 e. The molecule has 214 valence electrons. The molecule has 1 heterocycles. The lowest BCUT2D eigenvalue weighted by atomic mass is 9.85. The van der Waals surface area contributed by atoms with Gasteiger partial charge in [-0.25, -0.2) is 9.48 Å². The first-order valence-electron chi connectivity index (χ1n) is 13.3. The van der Waals surface area contributed by atoms with E-state index in [1.54, 1.807) is 36.2 Å². The number of hydrogen-bond donors (Lipinski definition) is 2. The van der Waals surface area contributed by atoms with Gasteiger partial charge in [0.05, 0.1) is 18.7 Å². The van der Waals surface area contributed by atoms with Crippen LogP contribution in [0.5, 0.6) is 0 Å². The second kappa shape index (κ2) is 13.0. The molecule has 0 spiro atoms. The monoisotopic (exact) mass is 559 g/mol. The number of rotatable bonds is 7. The van der Waals surface area contributed by atoms with Crippen LogP contribution in [0, 0.1) is 11.3 Å². The summed E-state index contributed by atoms with van der Waals surface area (Å²) in [6, 6.07) is 17.5. The molecule has 2 N–H and O–H groups in total. The predicted octanol–water partition coefficient (Wildman–Crippen LogP) is 3.50. The van der Waals surface area contributed by atoms with Crippen LogP contribution in [0.3, 0.4) is 0 Å². The second-order valence-electron chi connectivity index (χ2n) is 9.96. The highest BCUT2D eigenvalue weighted by molar-refractivity contribution is 6.04. The van der Waals surface area contributed by atoms with Crippen LogP contribution >= 0.6 is 0 Å². The molecule has 11 heteroatoms. The largest absolute Gasteiger partial charge is 0.461 e. The van der Waals surface area contributed by atoms with Crippen LogP contribution in [0.25, 0.3) is 11.3 Å². The van der Waals surface area contributed by atoms with E-state index in [2.05, 4.69) is 15.2 Å². The number of alkyl carbamates (subject to hydrolysis) is 1. The maximum absolute atomic E-state index is 13.5. The number of hydrogen-bond acceptors (Lipinski definition) is 8. The summed E-state index contributed by atoms with van der Waals surface area (Å²) in [5.41, 5.74) is 1.90. The third-order valence-electron chi connectivity index (χ3n) is 7.30. The van der Waals surface area contributed by atoms with Gasteiger partial charge in [-0.1, -0.05) is 54.6 Å². The lowest BCUT2D eigenvalue weighted by Crippen LogP contribution is -2.43. The van der Waals surface area contributed by atoms with E-state index in [1.807, 2.05) is 30.3 Å². The van der Waals surface area contributed by atoms with Crippen LogP contribution in [0.15, 0.2) is 65.5 Å². The number of carbonyl (C=O) groups excluding carboxylic acids is 3. The van der Waals surface area contributed by atoms with Crippen LogP contribution < -0.4 is 10.9 Å². The van der Waals surface area contributed by atoms with Crippen molar-refractivity contribution in [1.29, 1.82) is 5.41 Å². The van der Waals surface area contributed by atoms with Gasteiger partial charge < -0.3 is 14.4 Å². The normalized spacial score (nSPS) is 16.4. The Balaban J connectivity index is 1.40. The van der Waals surface area contributed by atoms with Gasteiger partial charge >= 0.3 is 12.1 Å². The van der Waals surface area contributed by atoms with E-state index in [4.69, 9.17) is 10.1 Å². The number of methoxy groups -OCH3 is 1. The number of carbonyl (C=O) groups is 3. The first-order chi connectivity index (χ1) is 19.7. The number of ether oxygens (including phenoxy) is 2. The summed E-state index contributed by atoms with van der Waals surface area (Å²) < 4.78 is 11.1. The summed E-state index contributed by atoms with van der Waals surface area (Å²) in [5.74, 6) is -0.985. The summed E-state index contributed by atoms with van der Waals surface area (Å²) in [6.07, 6.45) is 1.70. The van der Waals surface area contributed by atoms with Gasteiger partial charge in [-0.2, -0.15) is 5.10 Å². The Morgan fingerprint density at radius 2 is 1.71 bits per heavy atom. The van der Waals surface area contributed by atoms with Crippen molar-refractivity contribution in [3.63, 3.8) is 0 Å². The summed E-state index contributed by atoms with van der Waals surface area (Å²) in [6.45, 7) is 0.237. The standard InChI is InChI=1S/C30H33N5O6/c1-34(23-15-13-22(14-16-23)29(38)41-18-19-7-5-4-6-8-19)27(36)24-17-25(33-35(2)28(24)37)20-9-11-21(12-10-20)26(31)32-30(39)40-3/h4-12,17,22-23H,13-16,18H2,1-3H3,(H2,31,32,39). The highest BCUT2D eigenvalue weighted by Gasteiger charge is 2.32. The van der Waals surface area contributed by atoms with Gasteiger partial charge in [0.2, 0.25) is 0 Å². The Labute approximate surface area is 237 Å². The summed E-state index contributed by atoms with van der Waals surface area (Å²) in [4.78, 5) is 51.9. The second-order valence-corrected chi connectivity index (χ2v) is 9.96. The van der Waals surface area contributed by atoms with Crippen LogP contribution in [-0.4, -0.2) is 58.7 Å². The molecule has 0 radical (unpaired) electrons. The minimum atomic E-state index is -0.748. The van der Waals surface area contributed by atoms with Gasteiger partial charge in [-0.3, -0.25) is 25.1 Å². The van der Waals surface area contributed by atoms with E-state index in [1.165, 1.54) is 20.2 Å². The third-order valence-corrected chi connectivity index (χ3v) is 7.30. The van der Waals surface area contributed by atoms with Gasteiger partial charge in [0.15, 0.2) is 0 Å². The van der Waals surface area contributed by atoms with E-state index in [0.29, 0.717) is 42.5 Å². The van der Waals surface area contributed by atoms with Gasteiger partial charge in [-0.05, 0) is 37.3 Å². The fourth-order valence-corrected chi connectivity index (χ4v) is 4.84. The van der Waals surface area contributed by atoms with E-state index in [0.717, 1.165) is 10.2 Å². The average Bonchev–Trinajstić information content (AvgIpc) is 3.01. The molecule has 0 aliphatic heterocycles. The van der Waals surface area contributed by atoms with Gasteiger partial charge in [0, 0.05) is 31.3 Å². The Morgan fingerprint density at radius 3 is 2.34 bits per heavy atom. The zero-order chi connectivity index (χ0) is 29.5. The van der Waals surface area contributed by atoms with Gasteiger partial charge in [0.25, 0.3) is 11.5 Å². The average molecular weight is 560 g/mol. The van der Waals surface area contributed by atoms with Crippen molar-refractivity contribution in [2.24, 2.45) is 13.0 Å². The molecule has 3 aromatic rings. The molecule has 0 unspecified atom stereocenters. The highest BCUT2D eigenvalue weighted by Crippen LogP contribution is 2.29. The Bertz CT molecular complexity index is 1480. The molecular formula is C30H33N5O6. The van der Waals surface area contributed by atoms with Crippen molar-refractivity contribution < 1.29 is 23.9 Å². The first-order valence-corrected chi connectivity index (χ1v) is 13.3. The Kier molecular flexibility index (Phi) is 9.28.